The van der Waals surface area contributed by atoms with Gasteiger partial charge < -0.3 is 0 Å². The summed E-state index contributed by atoms with van der Waals surface area (Å²) in [6, 6.07) is 10.8. The molecule has 0 aliphatic carbocycles. The number of hydrogen-bond donors (Lipinski definition) is 2. The van der Waals surface area contributed by atoms with Crippen molar-refractivity contribution >= 4 is 38.3 Å². The molecule has 2 aromatic carbocycles. The molecule has 2 N–H and O–H groups in total. The van der Waals surface area contributed by atoms with E-state index in [2.05, 4.69) is 16.0 Å². The summed E-state index contributed by atoms with van der Waals surface area (Å²) in [5, 5.41) is 4.95. The molecule has 0 fully saturated rings. The third-order valence-electron chi connectivity index (χ3n) is 5.67. The van der Waals surface area contributed by atoms with Crippen molar-refractivity contribution in [1.82, 2.24) is 20.6 Å². The van der Waals surface area contributed by atoms with Gasteiger partial charge in [0.05, 0.1) is 23.4 Å². The fourth-order valence-electron chi connectivity index (χ4n) is 4.22. The molecule has 178 valence electrons. The number of nitrogens with zero attached hydrogens (tertiary/aromatic N) is 3. The van der Waals surface area contributed by atoms with Gasteiger partial charge in [0, 0.05) is 17.0 Å². The first-order chi connectivity index (χ1) is 16.0. The largest absolute Gasteiger partial charge is 0.290 e. The number of fused-ring (bicyclic) bond motifs is 2. The lowest BCUT2D eigenvalue weighted by Crippen LogP contribution is -2.43. The van der Waals surface area contributed by atoms with Crippen molar-refractivity contribution in [1.29, 1.82) is 0 Å². The van der Waals surface area contributed by atoms with Crippen molar-refractivity contribution in [2.75, 3.05) is 10.6 Å². The molecule has 2 amide bonds. The van der Waals surface area contributed by atoms with Gasteiger partial charge in [-0.15, -0.1) is 0 Å². The molecule has 10 nitrogen and oxygen atoms in total. The molecule has 1 aliphatic heterocycles. The third-order valence-corrected chi connectivity index (χ3v) is 6.95. The average molecular weight is 484 g/mol. The number of carbonyl (C=O) groups excluding carboxylic acids is 2. The Balaban J connectivity index is 1.57. The molecule has 11 heteroatoms. The SMILES string of the molecule is CC1Cc2cc(C(=O)NNC(=O)c3nn(C(C)C)c(=O)c4ccccc34)ccc2N1S(C)(=O)=O. The van der Waals surface area contributed by atoms with Gasteiger partial charge in [0.15, 0.2) is 5.69 Å². The number of aromatic nitrogens is 2. The summed E-state index contributed by atoms with van der Waals surface area (Å²) in [7, 11) is -3.44. The fourth-order valence-corrected chi connectivity index (χ4v) is 5.48. The minimum absolute atomic E-state index is 0.00997. The highest BCUT2D eigenvalue weighted by Crippen LogP contribution is 2.34. The number of carbonyl (C=O) groups is 2. The Labute approximate surface area is 196 Å². The number of rotatable bonds is 4. The number of hydrazine groups is 1. The van der Waals surface area contributed by atoms with E-state index in [0.717, 1.165) is 11.8 Å². The van der Waals surface area contributed by atoms with Gasteiger partial charge in [-0.3, -0.25) is 29.5 Å². The average Bonchev–Trinajstić information content (AvgIpc) is 3.12. The molecule has 0 radical (unpaired) electrons. The van der Waals surface area contributed by atoms with Crippen LogP contribution in [-0.2, 0) is 16.4 Å². The van der Waals surface area contributed by atoms with E-state index in [9.17, 15) is 22.8 Å². The van der Waals surface area contributed by atoms with E-state index in [1.54, 1.807) is 57.2 Å². The minimum atomic E-state index is -3.44. The first kappa shape index (κ1) is 23.4. The topological polar surface area (TPSA) is 130 Å². The van der Waals surface area contributed by atoms with Crippen LogP contribution in [0, 0.1) is 0 Å². The molecule has 1 aromatic heterocycles. The van der Waals surface area contributed by atoms with Gasteiger partial charge in [0.25, 0.3) is 17.4 Å². The smallest absolute Gasteiger partial charge is 0.267 e. The zero-order valence-corrected chi connectivity index (χ0v) is 20.0. The summed E-state index contributed by atoms with van der Waals surface area (Å²) in [5.41, 5.74) is 5.98. The van der Waals surface area contributed by atoms with E-state index in [4.69, 9.17) is 0 Å². The van der Waals surface area contributed by atoms with Gasteiger partial charge in [0.2, 0.25) is 10.0 Å². The van der Waals surface area contributed by atoms with E-state index < -0.39 is 21.8 Å². The van der Waals surface area contributed by atoms with Crippen LogP contribution in [0.4, 0.5) is 5.69 Å². The molecule has 4 rings (SSSR count). The summed E-state index contributed by atoms with van der Waals surface area (Å²) in [4.78, 5) is 38.2. The molecule has 1 unspecified atom stereocenters. The standard InChI is InChI=1S/C23H25N5O5S/c1-13(2)27-23(31)18-8-6-5-7-17(18)20(26-27)22(30)25-24-21(29)15-9-10-19-16(12-15)11-14(3)28(19)34(4,32)33/h5-10,12-14H,11H2,1-4H3,(H,24,29)(H,25,30). The lowest BCUT2D eigenvalue weighted by atomic mass is 10.1. The Morgan fingerprint density at radius 2 is 1.71 bits per heavy atom. The maximum absolute atomic E-state index is 12.9. The highest BCUT2D eigenvalue weighted by Gasteiger charge is 2.32. The van der Waals surface area contributed by atoms with Gasteiger partial charge in [-0.05, 0) is 57.0 Å². The third kappa shape index (κ3) is 4.14. The minimum Gasteiger partial charge on any atom is -0.267 e. The molecular weight excluding hydrogens is 458 g/mol. The van der Waals surface area contributed by atoms with Crippen molar-refractivity contribution < 1.29 is 18.0 Å². The molecule has 3 aromatic rings. The molecule has 1 atom stereocenters. The molecule has 34 heavy (non-hydrogen) atoms. The van der Waals surface area contributed by atoms with Crippen LogP contribution in [0.1, 0.15) is 53.2 Å². The van der Waals surface area contributed by atoms with Crippen LogP contribution >= 0.6 is 0 Å². The molecule has 0 saturated carbocycles. The summed E-state index contributed by atoms with van der Waals surface area (Å²) in [6.45, 7) is 5.37. The zero-order valence-electron chi connectivity index (χ0n) is 19.2. The lowest BCUT2D eigenvalue weighted by molar-refractivity contribution is 0.0843. The van der Waals surface area contributed by atoms with Gasteiger partial charge in [0.1, 0.15) is 0 Å². The van der Waals surface area contributed by atoms with Gasteiger partial charge >= 0.3 is 0 Å². The van der Waals surface area contributed by atoms with Crippen molar-refractivity contribution in [3.63, 3.8) is 0 Å². The highest BCUT2D eigenvalue weighted by molar-refractivity contribution is 7.92. The highest BCUT2D eigenvalue weighted by atomic mass is 32.2. The molecule has 0 bridgehead atoms. The summed E-state index contributed by atoms with van der Waals surface area (Å²) < 4.78 is 26.7. The normalized spacial score (nSPS) is 15.4. The van der Waals surface area contributed by atoms with E-state index in [1.807, 2.05) is 0 Å². The molecular formula is C23H25N5O5S. The number of sulfonamides is 1. The first-order valence-electron chi connectivity index (χ1n) is 10.7. The number of hydrogen-bond acceptors (Lipinski definition) is 6. The van der Waals surface area contributed by atoms with Crippen molar-refractivity contribution in [2.24, 2.45) is 0 Å². The number of benzene rings is 2. The number of amides is 2. The maximum atomic E-state index is 12.9. The van der Waals surface area contributed by atoms with Crippen molar-refractivity contribution in [2.45, 2.75) is 39.3 Å². The predicted molar refractivity (Wildman–Crippen MR) is 128 cm³/mol. The summed E-state index contributed by atoms with van der Waals surface area (Å²) >= 11 is 0. The van der Waals surface area contributed by atoms with E-state index in [0.29, 0.717) is 22.9 Å². The van der Waals surface area contributed by atoms with Crippen molar-refractivity contribution in [3.8, 4) is 0 Å². The van der Waals surface area contributed by atoms with E-state index >= 15 is 0 Å². The van der Waals surface area contributed by atoms with E-state index in [-0.39, 0.29) is 28.9 Å². The zero-order chi connectivity index (χ0) is 24.8. The maximum Gasteiger partial charge on any atom is 0.290 e. The Morgan fingerprint density at radius 1 is 1.06 bits per heavy atom. The molecule has 1 aliphatic rings. The van der Waals surface area contributed by atoms with Crippen LogP contribution in [-0.4, -0.2) is 42.3 Å². The molecule has 0 spiro atoms. The van der Waals surface area contributed by atoms with Crippen LogP contribution in [0.3, 0.4) is 0 Å². The van der Waals surface area contributed by atoms with Gasteiger partial charge in [-0.2, -0.15) is 5.10 Å². The Hall–Kier alpha value is -3.73. The van der Waals surface area contributed by atoms with Crippen LogP contribution in [0.25, 0.3) is 10.8 Å². The van der Waals surface area contributed by atoms with Crippen LogP contribution in [0.2, 0.25) is 0 Å². The second kappa shape index (κ2) is 8.56. The molecule has 0 saturated heterocycles. The fraction of sp³-hybridized carbons (Fsp3) is 0.304. The van der Waals surface area contributed by atoms with Crippen LogP contribution in [0.15, 0.2) is 47.3 Å². The van der Waals surface area contributed by atoms with Crippen LogP contribution < -0.4 is 20.7 Å². The lowest BCUT2D eigenvalue weighted by Gasteiger charge is -2.21. The molecule has 2 heterocycles. The second-order valence-corrected chi connectivity index (χ2v) is 10.5. The number of nitrogens with one attached hydrogen (secondary N) is 2. The Bertz CT molecular complexity index is 1480. The van der Waals surface area contributed by atoms with Crippen LogP contribution in [0.5, 0.6) is 0 Å². The quantitative estimate of drug-likeness (QED) is 0.544. The summed E-state index contributed by atoms with van der Waals surface area (Å²) in [6.07, 6.45) is 1.62. The predicted octanol–water partition coefficient (Wildman–Crippen LogP) is 1.76. The number of anilines is 1. The first-order valence-corrected chi connectivity index (χ1v) is 12.6. The Morgan fingerprint density at radius 3 is 2.35 bits per heavy atom. The van der Waals surface area contributed by atoms with E-state index in [1.165, 1.54) is 15.1 Å². The monoisotopic (exact) mass is 483 g/mol. The van der Waals surface area contributed by atoms with Gasteiger partial charge in [-0.25, -0.2) is 13.1 Å². The summed E-state index contributed by atoms with van der Waals surface area (Å²) in [5.74, 6) is -1.24. The second-order valence-electron chi connectivity index (χ2n) is 8.60. The van der Waals surface area contributed by atoms with Crippen molar-refractivity contribution in [3.05, 3.63) is 69.6 Å². The Kier molecular flexibility index (Phi) is 5.90. The van der Waals surface area contributed by atoms with Gasteiger partial charge in [-0.1, -0.05) is 18.2 Å².